The van der Waals surface area contributed by atoms with Gasteiger partial charge in [0.05, 0.1) is 6.61 Å². The topological polar surface area (TPSA) is 80.3 Å². The Kier molecular flexibility index (Phi) is 7.39. The minimum Gasteiger partial charge on any atom is -0.494 e. The largest absolute Gasteiger partial charge is 0.494 e. The number of anilines is 1. The maximum Gasteiger partial charge on any atom is 0.274 e. The molecule has 2 aromatic rings. The number of nitrogens with one attached hydrogen (secondary N) is 2. The van der Waals surface area contributed by atoms with Gasteiger partial charge in [-0.25, -0.2) is 4.98 Å². The molecule has 1 aromatic heterocycles. The summed E-state index contributed by atoms with van der Waals surface area (Å²) in [5.74, 6) is 0.111. The van der Waals surface area contributed by atoms with Crippen LogP contribution < -0.4 is 15.4 Å². The number of aromatic nitrogens is 1. The van der Waals surface area contributed by atoms with Crippen molar-refractivity contribution >= 4 is 17.5 Å². The normalized spacial score (nSPS) is 13.3. The summed E-state index contributed by atoms with van der Waals surface area (Å²) in [5.41, 5.74) is 2.48. The van der Waals surface area contributed by atoms with Crippen LogP contribution in [0.5, 0.6) is 5.75 Å². The van der Waals surface area contributed by atoms with E-state index in [0.717, 1.165) is 25.0 Å². The maximum absolute atomic E-state index is 12.5. The average Bonchev–Trinajstić information content (AvgIpc) is 2.76. The van der Waals surface area contributed by atoms with E-state index in [1.807, 2.05) is 6.92 Å². The molecule has 6 heteroatoms. The van der Waals surface area contributed by atoms with Gasteiger partial charge in [0.1, 0.15) is 17.1 Å². The first-order valence-electron chi connectivity index (χ1n) is 10.1. The predicted molar refractivity (Wildman–Crippen MR) is 113 cm³/mol. The van der Waals surface area contributed by atoms with Crippen LogP contribution in [0.25, 0.3) is 0 Å². The van der Waals surface area contributed by atoms with E-state index < -0.39 is 0 Å². The Morgan fingerprint density at radius 1 is 1.03 bits per heavy atom. The SMILES string of the molecule is CCOc1ccc(NC(=O)c2cccc(C(=O)NCCC3=CCCCC3)n2)cc1. The summed E-state index contributed by atoms with van der Waals surface area (Å²) >= 11 is 0. The highest BCUT2D eigenvalue weighted by atomic mass is 16.5. The first-order valence-corrected chi connectivity index (χ1v) is 10.1. The van der Waals surface area contributed by atoms with E-state index in [0.29, 0.717) is 18.8 Å². The van der Waals surface area contributed by atoms with Crippen LogP contribution in [0.15, 0.2) is 54.1 Å². The number of amides is 2. The van der Waals surface area contributed by atoms with Crippen molar-refractivity contribution in [2.45, 2.75) is 39.0 Å². The zero-order valence-electron chi connectivity index (χ0n) is 16.7. The van der Waals surface area contributed by atoms with Crippen molar-refractivity contribution in [3.05, 3.63) is 65.5 Å². The standard InChI is InChI=1S/C23H27N3O3/c1-2-29-19-13-11-18(12-14-19)25-23(28)21-10-6-9-20(26-21)22(27)24-16-15-17-7-4-3-5-8-17/h6-7,9-14H,2-5,8,15-16H2,1H3,(H,24,27)(H,25,28). The number of pyridine rings is 1. The number of nitrogens with zero attached hydrogens (tertiary/aromatic N) is 1. The van der Waals surface area contributed by atoms with Crippen LogP contribution >= 0.6 is 0 Å². The fourth-order valence-electron chi connectivity index (χ4n) is 3.24. The number of allylic oxidation sites excluding steroid dienone is 1. The quantitative estimate of drug-likeness (QED) is 0.653. The van der Waals surface area contributed by atoms with E-state index in [1.54, 1.807) is 42.5 Å². The lowest BCUT2D eigenvalue weighted by Crippen LogP contribution is -2.26. The van der Waals surface area contributed by atoms with E-state index in [2.05, 4.69) is 21.7 Å². The van der Waals surface area contributed by atoms with Crippen molar-refractivity contribution in [2.24, 2.45) is 0 Å². The molecule has 6 nitrogen and oxygen atoms in total. The number of rotatable bonds is 8. The average molecular weight is 393 g/mol. The molecule has 2 amide bonds. The third-order valence-electron chi connectivity index (χ3n) is 4.75. The molecule has 1 aromatic carbocycles. The molecule has 2 N–H and O–H groups in total. The number of ether oxygens (including phenoxy) is 1. The molecule has 3 rings (SSSR count). The molecular weight excluding hydrogens is 366 g/mol. The predicted octanol–water partition coefficient (Wildman–Crippen LogP) is 4.35. The molecule has 0 bridgehead atoms. The highest BCUT2D eigenvalue weighted by Crippen LogP contribution is 2.19. The Morgan fingerprint density at radius 2 is 1.79 bits per heavy atom. The van der Waals surface area contributed by atoms with Crippen molar-refractivity contribution in [2.75, 3.05) is 18.5 Å². The van der Waals surface area contributed by atoms with Crippen LogP contribution in [-0.4, -0.2) is 29.9 Å². The van der Waals surface area contributed by atoms with Gasteiger partial charge in [-0.3, -0.25) is 9.59 Å². The van der Waals surface area contributed by atoms with Crippen LogP contribution in [0, 0.1) is 0 Å². The first kappa shape index (κ1) is 20.6. The molecule has 0 aliphatic heterocycles. The van der Waals surface area contributed by atoms with Crippen LogP contribution in [0.3, 0.4) is 0 Å². The molecule has 1 aliphatic rings. The van der Waals surface area contributed by atoms with E-state index in [1.165, 1.54) is 18.4 Å². The molecule has 0 fully saturated rings. The van der Waals surface area contributed by atoms with Crippen molar-refractivity contribution in [1.82, 2.24) is 10.3 Å². The van der Waals surface area contributed by atoms with Crippen LogP contribution in [0.4, 0.5) is 5.69 Å². The Morgan fingerprint density at radius 3 is 2.48 bits per heavy atom. The lowest BCUT2D eigenvalue weighted by molar-refractivity contribution is 0.0949. The van der Waals surface area contributed by atoms with Crippen molar-refractivity contribution in [3.8, 4) is 5.75 Å². The van der Waals surface area contributed by atoms with Gasteiger partial charge in [-0.2, -0.15) is 0 Å². The van der Waals surface area contributed by atoms with Crippen LogP contribution in [0.1, 0.15) is 60.0 Å². The summed E-state index contributed by atoms with van der Waals surface area (Å²) in [5, 5.41) is 5.68. The van der Waals surface area contributed by atoms with Gasteiger partial charge in [0.15, 0.2) is 0 Å². The summed E-state index contributed by atoms with van der Waals surface area (Å²) in [7, 11) is 0. The highest BCUT2D eigenvalue weighted by Gasteiger charge is 2.13. The lowest BCUT2D eigenvalue weighted by atomic mass is 9.97. The molecule has 1 heterocycles. The van der Waals surface area contributed by atoms with Gasteiger partial charge in [0.2, 0.25) is 0 Å². The van der Waals surface area contributed by atoms with E-state index in [4.69, 9.17) is 4.74 Å². The van der Waals surface area contributed by atoms with Gasteiger partial charge in [-0.1, -0.05) is 17.7 Å². The molecule has 0 spiro atoms. The number of benzene rings is 1. The third kappa shape index (κ3) is 6.17. The van der Waals surface area contributed by atoms with Gasteiger partial charge < -0.3 is 15.4 Å². The van der Waals surface area contributed by atoms with Gasteiger partial charge in [-0.15, -0.1) is 0 Å². The summed E-state index contributed by atoms with van der Waals surface area (Å²) in [6, 6.07) is 12.0. The molecule has 0 atom stereocenters. The van der Waals surface area contributed by atoms with Gasteiger partial charge >= 0.3 is 0 Å². The van der Waals surface area contributed by atoms with E-state index in [-0.39, 0.29) is 23.2 Å². The first-order chi connectivity index (χ1) is 14.2. The molecule has 0 unspecified atom stereocenters. The number of hydrogen-bond acceptors (Lipinski definition) is 4. The Labute approximate surface area is 171 Å². The summed E-state index contributed by atoms with van der Waals surface area (Å²) in [6.45, 7) is 3.08. The zero-order valence-corrected chi connectivity index (χ0v) is 16.7. The second-order valence-electron chi connectivity index (χ2n) is 6.93. The fraction of sp³-hybridized carbons (Fsp3) is 0.348. The second kappa shape index (κ2) is 10.4. The minimum absolute atomic E-state index is 0.196. The monoisotopic (exact) mass is 393 g/mol. The van der Waals surface area contributed by atoms with Crippen LogP contribution in [0.2, 0.25) is 0 Å². The number of carbonyl (C=O) groups is 2. The minimum atomic E-state index is -0.365. The molecule has 152 valence electrons. The molecule has 1 aliphatic carbocycles. The zero-order chi connectivity index (χ0) is 20.5. The van der Waals surface area contributed by atoms with E-state index in [9.17, 15) is 9.59 Å². The Hall–Kier alpha value is -3.15. The summed E-state index contributed by atoms with van der Waals surface area (Å²) < 4.78 is 5.39. The number of carbonyl (C=O) groups excluding carboxylic acids is 2. The van der Waals surface area contributed by atoms with Gasteiger partial charge in [-0.05, 0) is 75.4 Å². The molecule has 0 saturated heterocycles. The smallest absolute Gasteiger partial charge is 0.274 e. The fourth-order valence-corrected chi connectivity index (χ4v) is 3.24. The van der Waals surface area contributed by atoms with E-state index >= 15 is 0 Å². The third-order valence-corrected chi connectivity index (χ3v) is 4.75. The van der Waals surface area contributed by atoms with Crippen molar-refractivity contribution < 1.29 is 14.3 Å². The van der Waals surface area contributed by atoms with Gasteiger partial charge in [0.25, 0.3) is 11.8 Å². The summed E-state index contributed by atoms with van der Waals surface area (Å²) in [4.78, 5) is 29.1. The molecule has 0 saturated carbocycles. The van der Waals surface area contributed by atoms with Gasteiger partial charge in [0, 0.05) is 12.2 Å². The lowest BCUT2D eigenvalue weighted by Gasteiger charge is -2.13. The van der Waals surface area contributed by atoms with Crippen LogP contribution in [-0.2, 0) is 0 Å². The molecule has 0 radical (unpaired) electrons. The summed E-state index contributed by atoms with van der Waals surface area (Å²) in [6.07, 6.45) is 7.88. The van der Waals surface area contributed by atoms with Crippen molar-refractivity contribution in [3.63, 3.8) is 0 Å². The Bertz CT molecular complexity index is 875. The number of hydrogen-bond donors (Lipinski definition) is 2. The second-order valence-corrected chi connectivity index (χ2v) is 6.93. The molecular formula is C23H27N3O3. The molecule has 29 heavy (non-hydrogen) atoms. The maximum atomic E-state index is 12.5. The Balaban J connectivity index is 1.55. The van der Waals surface area contributed by atoms with Crippen molar-refractivity contribution in [1.29, 1.82) is 0 Å². The highest BCUT2D eigenvalue weighted by molar-refractivity contribution is 6.03.